The van der Waals surface area contributed by atoms with Crippen molar-refractivity contribution < 1.29 is 26.3 Å². The zero-order valence-electron chi connectivity index (χ0n) is 13.8. The van der Waals surface area contributed by atoms with Crippen LogP contribution in [0.25, 0.3) is 21.9 Å². The molecule has 0 nitrogen and oxygen atoms in total. The molecule has 0 heterocycles. The summed E-state index contributed by atoms with van der Waals surface area (Å²) in [5, 5.41) is -1.10. The van der Waals surface area contributed by atoms with E-state index in [9.17, 15) is 26.3 Å². The van der Waals surface area contributed by atoms with Crippen LogP contribution < -0.4 is 0 Å². The average Bonchev–Trinajstić information content (AvgIpc) is 2.57. The second kappa shape index (κ2) is 7.02. The van der Waals surface area contributed by atoms with Crippen molar-refractivity contribution in [3.63, 3.8) is 0 Å². The molecule has 6 heteroatoms. The SMILES string of the molecule is CCCCc1cc(F)c(-c2cc(F)c3c(F)c(F)c(F)cc3c2)c(F)c1. The molecule has 0 radical (unpaired) electrons. The van der Waals surface area contributed by atoms with Gasteiger partial charge in [0.2, 0.25) is 0 Å². The van der Waals surface area contributed by atoms with E-state index in [1.165, 1.54) is 0 Å². The molecule has 0 aliphatic carbocycles. The highest BCUT2D eigenvalue weighted by molar-refractivity contribution is 5.88. The van der Waals surface area contributed by atoms with Crippen molar-refractivity contribution in [1.29, 1.82) is 0 Å². The number of fused-ring (bicyclic) bond motifs is 1. The minimum absolute atomic E-state index is 0.225. The molecule has 136 valence electrons. The fourth-order valence-electron chi connectivity index (χ4n) is 2.96. The molecule has 0 spiro atoms. The summed E-state index contributed by atoms with van der Waals surface area (Å²) in [6.45, 7) is 1.94. The molecule has 0 bridgehead atoms. The van der Waals surface area contributed by atoms with Crippen LogP contribution in [0.1, 0.15) is 25.3 Å². The van der Waals surface area contributed by atoms with Crippen LogP contribution in [-0.4, -0.2) is 0 Å². The second-order valence-corrected chi connectivity index (χ2v) is 6.08. The molecule has 3 aromatic rings. The van der Waals surface area contributed by atoms with Gasteiger partial charge < -0.3 is 0 Å². The van der Waals surface area contributed by atoms with Crippen LogP contribution >= 0.6 is 0 Å². The van der Waals surface area contributed by atoms with E-state index in [4.69, 9.17) is 0 Å². The van der Waals surface area contributed by atoms with Gasteiger partial charge in [-0.05, 0) is 59.7 Å². The minimum Gasteiger partial charge on any atom is -0.206 e. The molecule has 0 fully saturated rings. The minimum atomic E-state index is -1.80. The third-order valence-corrected chi connectivity index (χ3v) is 4.23. The Morgan fingerprint density at radius 3 is 1.96 bits per heavy atom. The molecule has 3 rings (SSSR count). The second-order valence-electron chi connectivity index (χ2n) is 6.08. The standard InChI is InChI=1S/C20H14F6/c1-2-3-4-10-5-13(21)17(14(22)6-10)11-7-12-9-16(24)19(25)20(26)18(12)15(23)8-11/h5-9H,2-4H2,1H3. The van der Waals surface area contributed by atoms with Gasteiger partial charge in [0.1, 0.15) is 17.5 Å². The molecule has 0 atom stereocenters. The van der Waals surface area contributed by atoms with E-state index in [0.717, 1.165) is 31.0 Å². The molecule has 0 saturated heterocycles. The van der Waals surface area contributed by atoms with Crippen LogP contribution in [0.2, 0.25) is 0 Å². The summed E-state index contributed by atoms with van der Waals surface area (Å²) >= 11 is 0. The number of benzene rings is 3. The Hall–Kier alpha value is -2.50. The first kappa shape index (κ1) is 18.3. The van der Waals surface area contributed by atoms with E-state index in [0.29, 0.717) is 24.1 Å². The number of hydrogen-bond donors (Lipinski definition) is 0. The largest absolute Gasteiger partial charge is 0.206 e. The Kier molecular flexibility index (Phi) is 4.94. The van der Waals surface area contributed by atoms with Gasteiger partial charge in [0, 0.05) is 0 Å². The Bertz CT molecular complexity index is 970. The number of hydrogen-bond acceptors (Lipinski definition) is 0. The molecule has 0 aliphatic rings. The molecule has 0 saturated carbocycles. The van der Waals surface area contributed by atoms with Gasteiger partial charge in [-0.3, -0.25) is 0 Å². The zero-order valence-corrected chi connectivity index (χ0v) is 13.8. The van der Waals surface area contributed by atoms with Crippen molar-refractivity contribution in [3.05, 3.63) is 70.8 Å². The lowest BCUT2D eigenvalue weighted by Gasteiger charge is -2.11. The van der Waals surface area contributed by atoms with Crippen molar-refractivity contribution in [2.24, 2.45) is 0 Å². The normalized spacial score (nSPS) is 11.3. The third-order valence-electron chi connectivity index (χ3n) is 4.23. The number of unbranched alkanes of at least 4 members (excludes halogenated alkanes) is 1. The summed E-state index contributed by atoms with van der Waals surface area (Å²) < 4.78 is 83.6. The summed E-state index contributed by atoms with van der Waals surface area (Å²) in [7, 11) is 0. The highest BCUT2D eigenvalue weighted by atomic mass is 19.2. The van der Waals surface area contributed by atoms with E-state index in [-0.39, 0.29) is 10.9 Å². The van der Waals surface area contributed by atoms with E-state index >= 15 is 0 Å². The van der Waals surface area contributed by atoms with Crippen molar-refractivity contribution in [1.82, 2.24) is 0 Å². The molecule has 0 unspecified atom stereocenters. The Morgan fingerprint density at radius 2 is 1.35 bits per heavy atom. The van der Waals surface area contributed by atoms with Gasteiger partial charge in [-0.1, -0.05) is 13.3 Å². The molecule has 3 aromatic carbocycles. The van der Waals surface area contributed by atoms with Crippen LogP contribution in [0.15, 0.2) is 30.3 Å². The lowest BCUT2D eigenvalue weighted by molar-refractivity contribution is 0.451. The van der Waals surface area contributed by atoms with Crippen LogP contribution in [0.5, 0.6) is 0 Å². The maximum Gasteiger partial charge on any atom is 0.195 e. The van der Waals surface area contributed by atoms with Crippen LogP contribution in [-0.2, 0) is 6.42 Å². The lowest BCUT2D eigenvalue weighted by Crippen LogP contribution is -1.98. The summed E-state index contributed by atoms with van der Waals surface area (Å²) in [6, 6.07) is 4.63. The van der Waals surface area contributed by atoms with Gasteiger partial charge >= 0.3 is 0 Å². The predicted octanol–water partition coefficient (Wildman–Crippen LogP) is 6.68. The van der Waals surface area contributed by atoms with Crippen molar-refractivity contribution in [3.8, 4) is 11.1 Å². The first-order valence-corrected chi connectivity index (χ1v) is 8.08. The summed E-state index contributed by atoms with van der Waals surface area (Å²) in [5.41, 5.74) is -0.264. The topological polar surface area (TPSA) is 0 Å². The molecule has 0 aliphatic heterocycles. The fourth-order valence-corrected chi connectivity index (χ4v) is 2.96. The molecule has 0 aromatic heterocycles. The van der Waals surface area contributed by atoms with Gasteiger partial charge in [-0.15, -0.1) is 0 Å². The quantitative estimate of drug-likeness (QED) is 0.356. The van der Waals surface area contributed by atoms with Gasteiger partial charge in [0.15, 0.2) is 17.5 Å². The smallest absolute Gasteiger partial charge is 0.195 e. The average molecular weight is 368 g/mol. The molecule has 0 amide bonds. The van der Waals surface area contributed by atoms with Crippen molar-refractivity contribution >= 4 is 10.8 Å². The Labute approximate surface area is 146 Å². The maximum atomic E-state index is 14.4. The van der Waals surface area contributed by atoms with E-state index in [2.05, 4.69) is 0 Å². The van der Waals surface area contributed by atoms with Crippen LogP contribution in [0, 0.1) is 34.9 Å². The molecule has 26 heavy (non-hydrogen) atoms. The lowest BCUT2D eigenvalue weighted by atomic mass is 9.97. The summed E-state index contributed by atoms with van der Waals surface area (Å²) in [4.78, 5) is 0. The highest BCUT2D eigenvalue weighted by Crippen LogP contribution is 2.34. The van der Waals surface area contributed by atoms with Crippen LogP contribution in [0.3, 0.4) is 0 Å². The predicted molar refractivity (Wildman–Crippen MR) is 87.7 cm³/mol. The monoisotopic (exact) mass is 368 g/mol. The van der Waals surface area contributed by atoms with E-state index in [1.807, 2.05) is 6.92 Å². The fraction of sp³-hybridized carbons (Fsp3) is 0.200. The number of aryl methyl sites for hydroxylation is 1. The summed E-state index contributed by atoms with van der Waals surface area (Å²) in [5.74, 6) is -8.04. The molecular formula is C20H14F6. The van der Waals surface area contributed by atoms with Crippen molar-refractivity contribution in [2.45, 2.75) is 26.2 Å². The van der Waals surface area contributed by atoms with Gasteiger partial charge in [-0.2, -0.15) is 0 Å². The third kappa shape index (κ3) is 3.16. The molecule has 0 N–H and O–H groups in total. The van der Waals surface area contributed by atoms with Gasteiger partial charge in [0.05, 0.1) is 10.9 Å². The maximum absolute atomic E-state index is 14.4. The van der Waals surface area contributed by atoms with E-state index in [1.54, 1.807) is 0 Å². The Morgan fingerprint density at radius 1 is 0.692 bits per heavy atom. The van der Waals surface area contributed by atoms with Gasteiger partial charge in [-0.25, -0.2) is 26.3 Å². The number of rotatable bonds is 4. The van der Waals surface area contributed by atoms with Crippen molar-refractivity contribution in [2.75, 3.05) is 0 Å². The zero-order chi connectivity index (χ0) is 19.0. The first-order valence-electron chi connectivity index (χ1n) is 8.08. The van der Waals surface area contributed by atoms with Gasteiger partial charge in [0.25, 0.3) is 0 Å². The summed E-state index contributed by atoms with van der Waals surface area (Å²) in [6.07, 6.45) is 2.11. The van der Waals surface area contributed by atoms with Crippen LogP contribution in [0.4, 0.5) is 26.3 Å². The Balaban J connectivity index is 2.19. The first-order chi connectivity index (χ1) is 12.3. The van der Waals surface area contributed by atoms with E-state index < -0.39 is 45.9 Å². The molecular weight excluding hydrogens is 354 g/mol. The number of halogens is 6. The highest BCUT2D eigenvalue weighted by Gasteiger charge is 2.20.